The molecular weight excluding hydrogens is 341 g/mol. The molecule has 1 aromatic rings. The van der Waals surface area contributed by atoms with Crippen LogP contribution in [-0.4, -0.2) is 33.1 Å². The van der Waals surface area contributed by atoms with Gasteiger partial charge in [0.25, 0.3) is 0 Å². The molecule has 1 atom stereocenters. The van der Waals surface area contributed by atoms with Gasteiger partial charge in [-0.3, -0.25) is 0 Å². The van der Waals surface area contributed by atoms with Gasteiger partial charge in [0.05, 0.1) is 18.1 Å². The Hall–Kier alpha value is -1.14. The molecule has 0 unspecified atom stereocenters. The Labute approximate surface area is 150 Å². The molecule has 0 amide bonds. The van der Waals surface area contributed by atoms with Crippen LogP contribution in [0.5, 0.6) is 5.75 Å². The smallest absolute Gasteiger partial charge is 0.165 e. The maximum atomic E-state index is 13.9. The second-order valence-corrected chi connectivity index (χ2v) is 9.36. The van der Waals surface area contributed by atoms with E-state index in [1.165, 1.54) is 18.9 Å². The standard InChI is InChI=1S/C19H30FNO3S/c1-15(14-25(22,23)12-4-2-3-10-21)17-7-8-18(20)19(13-17)24-11-9-16-5-6-16/h7-8,13,15-16H,2-6,9-12,14,21H2,1H3/t15-/m1/s1. The summed E-state index contributed by atoms with van der Waals surface area (Å²) in [6, 6.07) is 4.67. The van der Waals surface area contributed by atoms with Crippen LogP contribution < -0.4 is 10.5 Å². The molecular formula is C19H30FNO3S. The number of sulfone groups is 1. The first kappa shape index (κ1) is 20.2. The Bertz CT molecular complexity index is 644. The molecule has 0 aromatic heterocycles. The van der Waals surface area contributed by atoms with Gasteiger partial charge in [0, 0.05) is 0 Å². The summed E-state index contributed by atoms with van der Waals surface area (Å²) in [6.07, 6.45) is 5.77. The molecule has 0 heterocycles. The lowest BCUT2D eigenvalue weighted by atomic mass is 10.0. The number of ether oxygens (including phenoxy) is 1. The molecule has 1 aliphatic rings. The van der Waals surface area contributed by atoms with Crippen molar-refractivity contribution in [3.63, 3.8) is 0 Å². The first-order valence-corrected chi connectivity index (χ1v) is 11.1. The van der Waals surface area contributed by atoms with E-state index in [0.29, 0.717) is 19.6 Å². The number of nitrogens with two attached hydrogens (primary N) is 1. The molecule has 0 saturated heterocycles. The molecule has 1 aromatic carbocycles. The van der Waals surface area contributed by atoms with Gasteiger partial charge in [-0.2, -0.15) is 0 Å². The molecule has 142 valence electrons. The Kier molecular flexibility index (Phi) is 7.69. The van der Waals surface area contributed by atoms with Crippen molar-refractivity contribution in [1.82, 2.24) is 0 Å². The lowest BCUT2D eigenvalue weighted by Crippen LogP contribution is -2.16. The van der Waals surface area contributed by atoms with Gasteiger partial charge in [0.15, 0.2) is 21.4 Å². The lowest BCUT2D eigenvalue weighted by molar-refractivity contribution is 0.287. The summed E-state index contributed by atoms with van der Waals surface area (Å²) >= 11 is 0. The fourth-order valence-electron chi connectivity index (χ4n) is 2.88. The van der Waals surface area contributed by atoms with Gasteiger partial charge in [0.2, 0.25) is 0 Å². The zero-order chi connectivity index (χ0) is 18.3. The second-order valence-electron chi connectivity index (χ2n) is 7.14. The average Bonchev–Trinajstić information content (AvgIpc) is 3.37. The number of hydrogen-bond donors (Lipinski definition) is 1. The van der Waals surface area contributed by atoms with E-state index >= 15 is 0 Å². The Morgan fingerprint density at radius 1 is 1.28 bits per heavy atom. The number of benzene rings is 1. The van der Waals surface area contributed by atoms with E-state index < -0.39 is 15.7 Å². The van der Waals surface area contributed by atoms with Crippen LogP contribution in [0, 0.1) is 11.7 Å². The van der Waals surface area contributed by atoms with Gasteiger partial charge in [-0.1, -0.05) is 32.3 Å². The highest BCUT2D eigenvalue weighted by Crippen LogP contribution is 2.33. The number of unbranched alkanes of at least 4 members (excludes halogenated alkanes) is 2. The summed E-state index contributed by atoms with van der Waals surface area (Å²) in [6.45, 7) is 2.97. The van der Waals surface area contributed by atoms with Gasteiger partial charge in [-0.15, -0.1) is 0 Å². The normalized spacial score (nSPS) is 16.0. The molecule has 2 N–H and O–H groups in total. The zero-order valence-electron chi connectivity index (χ0n) is 15.0. The van der Waals surface area contributed by atoms with Crippen molar-refractivity contribution in [3.05, 3.63) is 29.6 Å². The summed E-state index contributed by atoms with van der Waals surface area (Å²) in [7, 11) is -3.13. The third-order valence-electron chi connectivity index (χ3n) is 4.67. The maximum Gasteiger partial charge on any atom is 0.165 e. The largest absolute Gasteiger partial charge is 0.490 e. The van der Waals surface area contributed by atoms with Crippen LogP contribution in [0.2, 0.25) is 0 Å². The van der Waals surface area contributed by atoms with E-state index in [2.05, 4.69) is 0 Å². The van der Waals surface area contributed by atoms with Crippen molar-refractivity contribution in [2.24, 2.45) is 11.7 Å². The molecule has 0 aliphatic heterocycles. The highest BCUT2D eigenvalue weighted by Gasteiger charge is 2.21. The minimum absolute atomic E-state index is 0.0722. The first-order valence-electron chi connectivity index (χ1n) is 9.24. The van der Waals surface area contributed by atoms with Crippen LogP contribution in [-0.2, 0) is 9.84 Å². The van der Waals surface area contributed by atoms with Gasteiger partial charge >= 0.3 is 0 Å². The highest BCUT2D eigenvalue weighted by molar-refractivity contribution is 7.91. The maximum absolute atomic E-state index is 13.9. The van der Waals surface area contributed by atoms with Crippen molar-refractivity contribution < 1.29 is 17.5 Å². The summed E-state index contributed by atoms with van der Waals surface area (Å²) in [5.74, 6) is 0.633. The zero-order valence-corrected chi connectivity index (χ0v) is 15.9. The molecule has 4 nitrogen and oxygen atoms in total. The number of hydrogen-bond acceptors (Lipinski definition) is 4. The minimum Gasteiger partial charge on any atom is -0.490 e. The van der Waals surface area contributed by atoms with E-state index in [4.69, 9.17) is 10.5 Å². The lowest BCUT2D eigenvalue weighted by Gasteiger charge is -2.15. The van der Waals surface area contributed by atoms with Crippen molar-refractivity contribution in [1.29, 1.82) is 0 Å². The van der Waals surface area contributed by atoms with Crippen LogP contribution in [0.4, 0.5) is 4.39 Å². The molecule has 0 spiro atoms. The minimum atomic E-state index is -3.13. The topological polar surface area (TPSA) is 69.4 Å². The molecule has 25 heavy (non-hydrogen) atoms. The Balaban J connectivity index is 1.89. The van der Waals surface area contributed by atoms with Gasteiger partial charge in [0.1, 0.15) is 0 Å². The van der Waals surface area contributed by atoms with E-state index in [-0.39, 0.29) is 23.2 Å². The third kappa shape index (κ3) is 7.32. The van der Waals surface area contributed by atoms with Crippen LogP contribution >= 0.6 is 0 Å². The quantitative estimate of drug-likeness (QED) is 0.569. The van der Waals surface area contributed by atoms with Gasteiger partial charge in [-0.25, -0.2) is 12.8 Å². The highest BCUT2D eigenvalue weighted by atomic mass is 32.2. The van der Waals surface area contributed by atoms with Crippen molar-refractivity contribution in [3.8, 4) is 5.75 Å². The van der Waals surface area contributed by atoms with Gasteiger partial charge in [-0.05, 0) is 55.3 Å². The fraction of sp³-hybridized carbons (Fsp3) is 0.684. The van der Waals surface area contributed by atoms with Crippen LogP contribution in [0.1, 0.15) is 56.9 Å². The fourth-order valence-corrected chi connectivity index (χ4v) is 4.65. The van der Waals surface area contributed by atoms with Crippen molar-refractivity contribution >= 4 is 9.84 Å². The van der Waals surface area contributed by atoms with Crippen LogP contribution in [0.15, 0.2) is 18.2 Å². The number of halogens is 1. The molecule has 0 radical (unpaired) electrons. The SMILES string of the molecule is C[C@H](CS(=O)(=O)CCCCCN)c1ccc(F)c(OCCC2CC2)c1. The van der Waals surface area contributed by atoms with E-state index in [1.807, 2.05) is 6.92 Å². The first-order chi connectivity index (χ1) is 11.9. The molecule has 6 heteroatoms. The average molecular weight is 372 g/mol. The monoisotopic (exact) mass is 371 g/mol. The molecule has 2 rings (SSSR count). The van der Waals surface area contributed by atoms with Crippen LogP contribution in [0.3, 0.4) is 0 Å². The second kappa shape index (κ2) is 9.53. The summed E-state index contributed by atoms with van der Waals surface area (Å²) in [5.41, 5.74) is 6.22. The summed E-state index contributed by atoms with van der Waals surface area (Å²) in [4.78, 5) is 0. The Morgan fingerprint density at radius 3 is 2.72 bits per heavy atom. The third-order valence-corrected chi connectivity index (χ3v) is 6.59. The van der Waals surface area contributed by atoms with E-state index in [0.717, 1.165) is 30.7 Å². The van der Waals surface area contributed by atoms with Gasteiger partial charge < -0.3 is 10.5 Å². The molecule has 1 fully saturated rings. The summed E-state index contributed by atoms with van der Waals surface area (Å²) < 4.78 is 44.0. The van der Waals surface area contributed by atoms with E-state index in [9.17, 15) is 12.8 Å². The van der Waals surface area contributed by atoms with Crippen molar-refractivity contribution in [2.75, 3.05) is 24.7 Å². The predicted octanol–water partition coefficient (Wildman–Crippen LogP) is 3.65. The van der Waals surface area contributed by atoms with Crippen LogP contribution in [0.25, 0.3) is 0 Å². The summed E-state index contributed by atoms with van der Waals surface area (Å²) in [5, 5.41) is 0. The molecule has 0 bridgehead atoms. The van der Waals surface area contributed by atoms with E-state index in [1.54, 1.807) is 12.1 Å². The van der Waals surface area contributed by atoms with Crippen molar-refractivity contribution in [2.45, 2.75) is 51.4 Å². The predicted molar refractivity (Wildman–Crippen MR) is 99.2 cm³/mol. The molecule has 1 aliphatic carbocycles. The number of rotatable bonds is 12. The Morgan fingerprint density at radius 2 is 2.04 bits per heavy atom. The molecule has 1 saturated carbocycles.